The number of Topliss-reactive ketones (excluding diaryl/α,β-unsaturated/α-hetero) is 1. The number of hydrogen-bond donors (Lipinski definition) is 0. The van der Waals surface area contributed by atoms with E-state index in [0.29, 0.717) is 5.78 Å². The van der Waals surface area contributed by atoms with Crippen LogP contribution in [-0.4, -0.2) is 18.0 Å². The summed E-state index contributed by atoms with van der Waals surface area (Å²) in [4.78, 5) is 28.0. The number of ketones is 1. The van der Waals surface area contributed by atoms with Crippen LogP contribution >= 0.6 is 0 Å². The molecule has 3 aliphatic rings. The van der Waals surface area contributed by atoms with Gasteiger partial charge in [0.05, 0.1) is 0 Å². The van der Waals surface area contributed by atoms with E-state index in [4.69, 9.17) is 0 Å². The smallest absolute Gasteiger partial charge is 0.319 e. The average Bonchev–Trinajstić information content (AvgIpc) is 3.27. The summed E-state index contributed by atoms with van der Waals surface area (Å²) in [6.45, 7) is 7.75. The second-order valence-electron chi connectivity index (χ2n) is 7.22. The van der Waals surface area contributed by atoms with E-state index in [0.717, 1.165) is 37.7 Å². The van der Waals surface area contributed by atoms with Crippen LogP contribution in [-0.2, 0) is 14.4 Å². The Morgan fingerprint density at radius 2 is 2.12 bits per heavy atom. The monoisotopic (exact) mass is 327 g/mol. The molecule has 0 N–H and O–H groups in total. The zero-order chi connectivity index (χ0) is 17.5. The minimum absolute atomic E-state index is 0.121. The Balaban J connectivity index is 1.73. The average molecular weight is 327 g/mol. The predicted octanol–water partition coefficient (Wildman–Crippen LogP) is 4.28. The zero-order valence-electron chi connectivity index (χ0n) is 14.9. The SMILES string of the molecule is CC(=O)O/N=C/CCCC1=C(C)C=C2C(=O)[C@@H](C)C3(CC3)C(C)=C21. The third kappa shape index (κ3) is 2.68. The van der Waals surface area contributed by atoms with E-state index in [1.807, 2.05) is 0 Å². The van der Waals surface area contributed by atoms with Gasteiger partial charge in [-0.2, -0.15) is 0 Å². The van der Waals surface area contributed by atoms with E-state index < -0.39 is 5.97 Å². The van der Waals surface area contributed by atoms with Crippen molar-refractivity contribution < 1.29 is 14.4 Å². The molecule has 4 nitrogen and oxygen atoms in total. The summed E-state index contributed by atoms with van der Waals surface area (Å²) in [7, 11) is 0. The van der Waals surface area contributed by atoms with Gasteiger partial charge in [0.15, 0.2) is 5.78 Å². The van der Waals surface area contributed by atoms with Crippen LogP contribution in [0.25, 0.3) is 0 Å². The van der Waals surface area contributed by atoms with Gasteiger partial charge in [-0.3, -0.25) is 4.79 Å². The van der Waals surface area contributed by atoms with Crippen molar-refractivity contribution in [1.29, 1.82) is 0 Å². The Kier molecular flexibility index (Phi) is 4.33. The van der Waals surface area contributed by atoms with Gasteiger partial charge in [-0.05, 0) is 68.7 Å². The van der Waals surface area contributed by atoms with E-state index in [2.05, 4.69) is 36.8 Å². The maximum Gasteiger partial charge on any atom is 0.331 e. The highest BCUT2D eigenvalue weighted by Crippen LogP contribution is 2.63. The summed E-state index contributed by atoms with van der Waals surface area (Å²) in [5, 5.41) is 3.64. The molecule has 1 atom stereocenters. The van der Waals surface area contributed by atoms with Crippen molar-refractivity contribution >= 4 is 18.0 Å². The molecule has 128 valence electrons. The Labute approximate surface area is 143 Å². The van der Waals surface area contributed by atoms with Crippen molar-refractivity contribution in [3.63, 3.8) is 0 Å². The van der Waals surface area contributed by atoms with Gasteiger partial charge >= 0.3 is 5.97 Å². The molecule has 24 heavy (non-hydrogen) atoms. The van der Waals surface area contributed by atoms with E-state index in [9.17, 15) is 9.59 Å². The second kappa shape index (κ2) is 6.15. The first kappa shape index (κ1) is 16.9. The highest BCUT2D eigenvalue weighted by molar-refractivity contribution is 6.07. The minimum Gasteiger partial charge on any atom is -0.319 e. The highest BCUT2D eigenvalue weighted by atomic mass is 16.7. The number of allylic oxidation sites excluding steroid dienone is 6. The molecule has 3 rings (SSSR count). The van der Waals surface area contributed by atoms with Crippen molar-refractivity contribution in [3.8, 4) is 0 Å². The molecule has 0 aliphatic heterocycles. The van der Waals surface area contributed by atoms with Crippen LogP contribution in [0.4, 0.5) is 0 Å². The minimum atomic E-state index is -0.403. The first-order chi connectivity index (χ1) is 11.4. The molecule has 0 radical (unpaired) electrons. The van der Waals surface area contributed by atoms with Crippen molar-refractivity contribution in [3.05, 3.63) is 33.9 Å². The van der Waals surface area contributed by atoms with E-state index in [-0.39, 0.29) is 11.3 Å². The Hall–Kier alpha value is -1.97. The van der Waals surface area contributed by atoms with Gasteiger partial charge in [0.2, 0.25) is 0 Å². The number of fused-ring (bicyclic) bond motifs is 1. The molecular formula is C20H25NO3. The molecule has 0 amide bonds. The third-order valence-electron chi connectivity index (χ3n) is 5.82. The Bertz CT molecular complexity index is 717. The van der Waals surface area contributed by atoms with Gasteiger partial charge in [0.1, 0.15) is 0 Å². The van der Waals surface area contributed by atoms with Crippen LogP contribution in [0.15, 0.2) is 39.1 Å². The summed E-state index contributed by atoms with van der Waals surface area (Å²) >= 11 is 0. The summed E-state index contributed by atoms with van der Waals surface area (Å²) in [6, 6.07) is 0. The number of carbonyl (C=O) groups excluding carboxylic acids is 2. The Morgan fingerprint density at radius 1 is 1.42 bits per heavy atom. The van der Waals surface area contributed by atoms with Crippen LogP contribution in [0.2, 0.25) is 0 Å². The molecule has 4 heteroatoms. The highest BCUT2D eigenvalue weighted by Gasteiger charge is 2.56. The van der Waals surface area contributed by atoms with Crippen molar-refractivity contribution in [2.75, 3.05) is 0 Å². The lowest BCUT2D eigenvalue weighted by Gasteiger charge is -2.32. The van der Waals surface area contributed by atoms with Crippen LogP contribution in [0, 0.1) is 11.3 Å². The zero-order valence-corrected chi connectivity index (χ0v) is 14.9. The number of hydrogen-bond acceptors (Lipinski definition) is 4. The fourth-order valence-electron chi connectivity index (χ4n) is 4.22. The van der Waals surface area contributed by atoms with Crippen LogP contribution < -0.4 is 0 Å². The van der Waals surface area contributed by atoms with E-state index >= 15 is 0 Å². The van der Waals surface area contributed by atoms with Gasteiger partial charge in [0, 0.05) is 30.0 Å². The summed E-state index contributed by atoms with van der Waals surface area (Å²) in [5.41, 5.74) is 6.24. The molecule has 0 unspecified atom stereocenters. The lowest BCUT2D eigenvalue weighted by atomic mass is 9.70. The van der Waals surface area contributed by atoms with Crippen LogP contribution in [0.5, 0.6) is 0 Å². The largest absolute Gasteiger partial charge is 0.331 e. The van der Waals surface area contributed by atoms with Crippen LogP contribution in [0.3, 0.4) is 0 Å². The molecule has 0 aromatic carbocycles. The topological polar surface area (TPSA) is 55.7 Å². The molecule has 1 spiro atoms. The molecule has 0 aromatic heterocycles. The number of carbonyl (C=O) groups is 2. The number of nitrogens with zero attached hydrogens (tertiary/aromatic N) is 1. The fourth-order valence-corrected chi connectivity index (χ4v) is 4.22. The second-order valence-corrected chi connectivity index (χ2v) is 7.22. The molecule has 0 heterocycles. The Morgan fingerprint density at radius 3 is 2.75 bits per heavy atom. The summed E-state index contributed by atoms with van der Waals surface area (Å²) < 4.78 is 0. The maximum atomic E-state index is 12.8. The predicted molar refractivity (Wildman–Crippen MR) is 93.4 cm³/mol. The lowest BCUT2D eigenvalue weighted by Crippen LogP contribution is -2.31. The van der Waals surface area contributed by atoms with Gasteiger partial charge in [-0.15, -0.1) is 0 Å². The molecule has 0 bridgehead atoms. The van der Waals surface area contributed by atoms with Crippen molar-refractivity contribution in [2.45, 2.75) is 59.8 Å². The lowest BCUT2D eigenvalue weighted by molar-refractivity contribution is -0.140. The van der Waals surface area contributed by atoms with Crippen LogP contribution in [0.1, 0.15) is 59.8 Å². The molecule has 3 aliphatic carbocycles. The first-order valence-corrected chi connectivity index (χ1v) is 8.75. The van der Waals surface area contributed by atoms with Crippen molar-refractivity contribution in [2.24, 2.45) is 16.5 Å². The number of unbranched alkanes of at least 4 members (excludes halogenated alkanes) is 1. The molecule has 1 fully saturated rings. The maximum absolute atomic E-state index is 12.8. The third-order valence-corrected chi connectivity index (χ3v) is 5.82. The fraction of sp³-hybridized carbons (Fsp3) is 0.550. The van der Waals surface area contributed by atoms with E-state index in [1.165, 1.54) is 29.2 Å². The van der Waals surface area contributed by atoms with Gasteiger partial charge < -0.3 is 4.84 Å². The van der Waals surface area contributed by atoms with Gasteiger partial charge in [-0.1, -0.05) is 17.7 Å². The standard InChI is InChI=1S/C20H25NO3/c1-12-11-17-18(13(2)20(8-9-20)14(3)19(17)23)16(12)7-5-6-10-21-24-15(4)22/h10-11,14H,5-9H2,1-4H3/b21-10+/t14-/m1/s1. The van der Waals surface area contributed by atoms with Crippen molar-refractivity contribution in [1.82, 2.24) is 0 Å². The quantitative estimate of drug-likeness (QED) is 0.328. The summed E-state index contributed by atoms with van der Waals surface area (Å²) in [5.74, 6) is 0.0363. The summed E-state index contributed by atoms with van der Waals surface area (Å²) in [6.07, 6.45) is 8.59. The van der Waals surface area contributed by atoms with E-state index in [1.54, 1.807) is 6.21 Å². The van der Waals surface area contributed by atoms with Gasteiger partial charge in [0.25, 0.3) is 0 Å². The normalized spacial score (nSPS) is 24.8. The molecule has 0 aromatic rings. The molecule has 1 saturated carbocycles. The van der Waals surface area contributed by atoms with Gasteiger partial charge in [-0.25, -0.2) is 4.79 Å². The first-order valence-electron chi connectivity index (χ1n) is 8.75. The molecular weight excluding hydrogens is 302 g/mol. The number of rotatable bonds is 5. The molecule has 0 saturated heterocycles. The number of oxime groups is 1.